The first kappa shape index (κ1) is 99.9. The van der Waals surface area contributed by atoms with Gasteiger partial charge in [0.2, 0.25) is 5.91 Å². The van der Waals surface area contributed by atoms with E-state index in [0.717, 1.165) is 109 Å². The van der Waals surface area contributed by atoms with E-state index in [2.05, 4.69) is 153 Å². The van der Waals surface area contributed by atoms with E-state index in [9.17, 15) is 45.6 Å². The number of nitrogens with one attached hydrogen (secondary N) is 1. The molecular weight excluding hydrogens is 1350 g/mol. The lowest BCUT2D eigenvalue weighted by Gasteiger charge is -2.46. The molecule has 108 heavy (non-hydrogen) atoms. The first-order valence-electron chi connectivity index (χ1n) is 44.1. The smallest absolute Gasteiger partial charge is 0.220 e. The van der Waals surface area contributed by atoms with Crippen LogP contribution in [0.4, 0.5) is 0 Å². The van der Waals surface area contributed by atoms with E-state index in [1.807, 2.05) is 6.08 Å². The first-order valence-corrected chi connectivity index (χ1v) is 44.1. The van der Waals surface area contributed by atoms with Crippen molar-refractivity contribution in [1.29, 1.82) is 0 Å². The van der Waals surface area contributed by atoms with Crippen LogP contribution < -0.4 is 5.32 Å². The maximum Gasteiger partial charge on any atom is 0.220 e. The molecular formula is C94H161NO13. The monoisotopic (exact) mass is 1510 g/mol. The van der Waals surface area contributed by atoms with Gasteiger partial charge in [-0.05, 0) is 116 Å². The number of ether oxygens (including phenoxy) is 4. The van der Waals surface area contributed by atoms with Crippen LogP contribution in [0.25, 0.3) is 0 Å². The highest BCUT2D eigenvalue weighted by molar-refractivity contribution is 5.76. The molecule has 0 spiro atoms. The zero-order valence-electron chi connectivity index (χ0n) is 68.3. The number of hydrogen-bond acceptors (Lipinski definition) is 13. The molecule has 12 atom stereocenters. The zero-order chi connectivity index (χ0) is 77.9. The summed E-state index contributed by atoms with van der Waals surface area (Å²) in [5.74, 6) is -0.256. The van der Waals surface area contributed by atoms with Gasteiger partial charge in [-0.1, -0.05) is 372 Å². The molecule has 0 aromatic rings. The van der Waals surface area contributed by atoms with E-state index < -0.39 is 86.8 Å². The summed E-state index contributed by atoms with van der Waals surface area (Å²) in [4.78, 5) is 13.4. The second kappa shape index (κ2) is 75.6. The quantitative estimate of drug-likeness (QED) is 0.0204. The highest BCUT2D eigenvalue weighted by atomic mass is 16.7. The largest absolute Gasteiger partial charge is 0.394 e. The van der Waals surface area contributed by atoms with Gasteiger partial charge in [0.15, 0.2) is 12.6 Å². The van der Waals surface area contributed by atoms with Gasteiger partial charge in [0.1, 0.15) is 48.8 Å². The molecule has 2 heterocycles. The fourth-order valence-electron chi connectivity index (χ4n) is 13.6. The second-order valence-electron chi connectivity index (χ2n) is 30.3. The van der Waals surface area contributed by atoms with Gasteiger partial charge in [-0.25, -0.2) is 0 Å². The van der Waals surface area contributed by atoms with E-state index in [4.69, 9.17) is 18.9 Å². The van der Waals surface area contributed by atoms with Gasteiger partial charge >= 0.3 is 0 Å². The van der Waals surface area contributed by atoms with Crippen LogP contribution in [-0.4, -0.2) is 140 Å². The summed E-state index contributed by atoms with van der Waals surface area (Å²) in [6.07, 6.45) is 98.1. The Morgan fingerprint density at radius 3 is 1.02 bits per heavy atom. The molecule has 14 heteroatoms. The van der Waals surface area contributed by atoms with Crippen molar-refractivity contribution in [2.24, 2.45) is 0 Å². The third kappa shape index (κ3) is 57.0. The van der Waals surface area contributed by atoms with Crippen molar-refractivity contribution in [3.05, 3.63) is 146 Å². The fraction of sp³-hybridized carbons (Fsp3) is 0.734. The van der Waals surface area contributed by atoms with Crippen molar-refractivity contribution >= 4 is 5.91 Å². The number of carbonyl (C=O) groups excluding carboxylic acids is 1. The lowest BCUT2D eigenvalue weighted by molar-refractivity contribution is -0.359. The molecule has 0 aliphatic carbocycles. The predicted octanol–water partition coefficient (Wildman–Crippen LogP) is 21.5. The van der Waals surface area contributed by atoms with Crippen LogP contribution in [0, 0.1) is 0 Å². The summed E-state index contributed by atoms with van der Waals surface area (Å²) in [6.45, 7) is 2.69. The summed E-state index contributed by atoms with van der Waals surface area (Å²) in [6, 6.07) is -0.950. The minimum absolute atomic E-state index is 0.256. The van der Waals surface area contributed by atoms with Crippen LogP contribution in [0.3, 0.4) is 0 Å². The molecule has 0 bridgehead atoms. The molecule has 0 aromatic heterocycles. The zero-order valence-corrected chi connectivity index (χ0v) is 68.3. The van der Waals surface area contributed by atoms with Crippen molar-refractivity contribution in [3.8, 4) is 0 Å². The van der Waals surface area contributed by atoms with E-state index in [0.29, 0.717) is 12.8 Å². The predicted molar refractivity (Wildman–Crippen MR) is 451 cm³/mol. The Hall–Kier alpha value is -4.13. The average Bonchev–Trinajstić information content (AvgIpc) is 0.789. The Morgan fingerprint density at radius 1 is 0.343 bits per heavy atom. The van der Waals surface area contributed by atoms with Crippen LogP contribution in [0.1, 0.15) is 348 Å². The van der Waals surface area contributed by atoms with Gasteiger partial charge in [0, 0.05) is 6.42 Å². The maximum atomic E-state index is 13.4. The molecule has 9 N–H and O–H groups in total. The van der Waals surface area contributed by atoms with E-state index in [1.165, 1.54) is 205 Å². The second-order valence-corrected chi connectivity index (χ2v) is 30.3. The first-order chi connectivity index (χ1) is 53.1. The topological polar surface area (TPSA) is 228 Å². The van der Waals surface area contributed by atoms with E-state index in [-0.39, 0.29) is 18.9 Å². The SMILES string of the molecule is CC/C=C\C/C=C\C/C=C\C/C=C\C/C=C\C/C=C\C/C=C\C/C=C\C/C=C\CCCCCCCCCCCCCCCC(=O)NC(COC1OC(CO)C(OC2OC(CO)C(O)C(O)C2O)C(O)C1O)C(O)/C=C/CC/C=C/CC/C=C/CCCCCCCCCCCCCCCCCCCCCCCCC. The lowest BCUT2D eigenvalue weighted by atomic mass is 9.97. The molecule has 0 aromatic carbocycles. The fourth-order valence-corrected chi connectivity index (χ4v) is 13.6. The molecule has 2 rings (SSSR count). The van der Waals surface area contributed by atoms with Crippen LogP contribution in [0.15, 0.2) is 146 Å². The Labute approximate surface area is 659 Å². The molecule has 1 amide bonds. The van der Waals surface area contributed by atoms with Crippen LogP contribution in [-0.2, 0) is 23.7 Å². The Morgan fingerprint density at radius 2 is 0.648 bits per heavy atom. The summed E-state index contributed by atoms with van der Waals surface area (Å²) >= 11 is 0. The van der Waals surface area contributed by atoms with Crippen LogP contribution in [0.2, 0.25) is 0 Å². The number of rotatable bonds is 73. The average molecular weight is 1510 g/mol. The van der Waals surface area contributed by atoms with Gasteiger partial charge in [0.25, 0.3) is 0 Å². The molecule has 2 aliphatic rings. The van der Waals surface area contributed by atoms with E-state index >= 15 is 0 Å². The van der Waals surface area contributed by atoms with Crippen molar-refractivity contribution in [3.63, 3.8) is 0 Å². The van der Waals surface area contributed by atoms with Crippen LogP contribution in [0.5, 0.6) is 0 Å². The van der Waals surface area contributed by atoms with Gasteiger partial charge in [-0.3, -0.25) is 4.79 Å². The van der Waals surface area contributed by atoms with Gasteiger partial charge in [-0.2, -0.15) is 0 Å². The number of allylic oxidation sites excluding steroid dienone is 23. The Bertz CT molecular complexity index is 2390. The molecule has 2 fully saturated rings. The number of hydrogen-bond donors (Lipinski definition) is 9. The molecule has 12 unspecified atom stereocenters. The highest BCUT2D eigenvalue weighted by Gasteiger charge is 2.51. The molecule has 0 saturated carbocycles. The number of aliphatic hydroxyl groups is 8. The summed E-state index contributed by atoms with van der Waals surface area (Å²) in [5.41, 5.74) is 0. The lowest BCUT2D eigenvalue weighted by Crippen LogP contribution is -2.65. The Balaban J connectivity index is 1.61. The number of carbonyl (C=O) groups is 1. The summed E-state index contributed by atoms with van der Waals surface area (Å²) < 4.78 is 22.9. The van der Waals surface area contributed by atoms with Crippen molar-refractivity contribution in [2.45, 2.75) is 421 Å². The van der Waals surface area contributed by atoms with E-state index in [1.54, 1.807) is 6.08 Å². The Kier molecular flexibility index (Phi) is 69.9. The van der Waals surface area contributed by atoms with Crippen molar-refractivity contribution < 1.29 is 64.6 Å². The minimum Gasteiger partial charge on any atom is -0.394 e. The minimum atomic E-state index is -1.80. The molecule has 2 aliphatic heterocycles. The van der Waals surface area contributed by atoms with Crippen LogP contribution >= 0.6 is 0 Å². The van der Waals surface area contributed by atoms with Gasteiger partial charge in [-0.15, -0.1) is 0 Å². The molecule has 2 saturated heterocycles. The normalized spacial score (nSPS) is 21.9. The number of amides is 1. The van der Waals surface area contributed by atoms with Gasteiger partial charge in [0.05, 0.1) is 32.0 Å². The van der Waals surface area contributed by atoms with Gasteiger partial charge < -0.3 is 65.1 Å². The van der Waals surface area contributed by atoms with Crippen molar-refractivity contribution in [2.75, 3.05) is 19.8 Å². The highest BCUT2D eigenvalue weighted by Crippen LogP contribution is 2.30. The maximum absolute atomic E-state index is 13.4. The summed E-state index contributed by atoms with van der Waals surface area (Å²) in [7, 11) is 0. The molecule has 14 nitrogen and oxygen atoms in total. The molecule has 0 radical (unpaired) electrons. The third-order valence-electron chi connectivity index (χ3n) is 20.5. The number of aliphatic hydroxyl groups excluding tert-OH is 8. The third-order valence-corrected chi connectivity index (χ3v) is 20.5. The van der Waals surface area contributed by atoms with Crippen molar-refractivity contribution in [1.82, 2.24) is 5.32 Å². The number of unbranched alkanes of at least 4 members (excludes halogenated alkanes) is 38. The standard InChI is InChI=1S/C94H161NO13/c1-3-5-7-9-11-13-15-17-19-21-23-25-27-29-31-33-35-37-38-39-40-41-42-43-44-46-48-50-52-54-56-58-60-62-64-66-68-70-72-74-76-78-86(99)95-82(81-105-93-91(104)89(102)92(85(80-97)107-93)108-94-90(103)88(101)87(100)84(79-96)106-94)83(98)77-75-73-71-69-67-65-63-61-59-57-55-53-51-49-47-45-36-34-32-30-28-26-24-22-20-18-16-14-12-10-8-6-4-2/h5,7,11,13,17,19,23,25,29,31,35,37,39-40,42-43,46,48,59,61,67,69,75,77,82-85,87-94,96-98,100-104H,3-4,6,8-10,12,14-16,18,20-22,24,26-28,30,32-34,36,38,41,44-45,47,49-58,60,62-66,68,70-74,76,78-81H2,1-2H3,(H,95,99)/b7-5-,13-11-,19-17-,25-23-,31-29-,37-35-,40-39-,43-42-,48-46-,61-59+,69-67+,77-75+. The summed E-state index contributed by atoms with van der Waals surface area (Å²) in [5, 5.41) is 87.8. The molecule has 620 valence electrons.